The maximum Gasteiger partial charge on any atom is 0.471 e. The summed E-state index contributed by atoms with van der Waals surface area (Å²) in [5.74, 6) is -4.08. The summed E-state index contributed by atoms with van der Waals surface area (Å²) >= 11 is 0. The third-order valence-electron chi connectivity index (χ3n) is 2.44. The van der Waals surface area contributed by atoms with Crippen molar-refractivity contribution in [2.45, 2.75) is 6.18 Å². The van der Waals surface area contributed by atoms with Crippen LogP contribution in [-0.2, 0) is 4.79 Å². The van der Waals surface area contributed by atoms with Gasteiger partial charge in [-0.15, -0.1) is 0 Å². The second-order valence-corrected chi connectivity index (χ2v) is 3.83. The van der Waals surface area contributed by atoms with E-state index in [1.807, 2.05) is 0 Å². The molecule has 8 heteroatoms. The summed E-state index contributed by atoms with van der Waals surface area (Å²) in [6.07, 6.45) is -5.07. The predicted molar refractivity (Wildman–Crippen MR) is 63.4 cm³/mol. The van der Waals surface area contributed by atoms with Gasteiger partial charge in [0.1, 0.15) is 5.82 Å². The fourth-order valence-corrected chi connectivity index (χ4v) is 1.61. The molecule has 0 aliphatic rings. The van der Waals surface area contributed by atoms with Gasteiger partial charge in [0.2, 0.25) is 0 Å². The molecule has 1 aromatic heterocycles. The molecule has 1 aromatic carbocycles. The molecule has 0 saturated carbocycles. The summed E-state index contributed by atoms with van der Waals surface area (Å²) < 4.78 is 36.5. The first-order valence-corrected chi connectivity index (χ1v) is 5.30. The van der Waals surface area contributed by atoms with Crippen LogP contribution in [0.4, 0.5) is 19.0 Å². The number of benzene rings is 1. The summed E-state index contributed by atoms with van der Waals surface area (Å²) in [4.78, 5) is 25.4. The summed E-state index contributed by atoms with van der Waals surface area (Å²) in [6.45, 7) is 0. The number of halogens is 3. The van der Waals surface area contributed by atoms with Crippen molar-refractivity contribution in [3.05, 3.63) is 36.0 Å². The van der Waals surface area contributed by atoms with Crippen LogP contribution in [0.15, 0.2) is 30.3 Å². The van der Waals surface area contributed by atoms with E-state index in [9.17, 15) is 22.8 Å². The minimum atomic E-state index is -5.07. The zero-order chi connectivity index (χ0) is 14.9. The number of aromatic carboxylic acids is 1. The number of aromatic nitrogens is 1. The number of nitrogens with zero attached hydrogens (tertiary/aromatic N) is 1. The van der Waals surface area contributed by atoms with Crippen molar-refractivity contribution in [1.82, 2.24) is 4.98 Å². The molecular weight excluding hydrogens is 277 g/mol. The Morgan fingerprint density at radius 1 is 1.20 bits per heavy atom. The normalized spacial score (nSPS) is 11.3. The highest BCUT2D eigenvalue weighted by Crippen LogP contribution is 2.23. The first-order chi connectivity index (χ1) is 9.29. The van der Waals surface area contributed by atoms with E-state index in [0.717, 1.165) is 0 Å². The number of carboxylic acid groups (broad SMARTS) is 1. The van der Waals surface area contributed by atoms with Gasteiger partial charge in [-0.25, -0.2) is 9.78 Å². The minimum absolute atomic E-state index is 0.269. The highest BCUT2D eigenvalue weighted by molar-refractivity contribution is 6.04. The van der Waals surface area contributed by atoms with Gasteiger partial charge < -0.3 is 10.4 Å². The molecule has 0 aliphatic heterocycles. The lowest BCUT2D eigenvalue weighted by molar-refractivity contribution is -0.167. The van der Waals surface area contributed by atoms with Crippen molar-refractivity contribution in [1.29, 1.82) is 0 Å². The summed E-state index contributed by atoms with van der Waals surface area (Å²) in [7, 11) is 0. The Hall–Kier alpha value is -2.64. The quantitative estimate of drug-likeness (QED) is 0.887. The van der Waals surface area contributed by atoms with Crippen LogP contribution in [0.3, 0.4) is 0 Å². The monoisotopic (exact) mass is 284 g/mol. The number of rotatable bonds is 2. The molecule has 0 atom stereocenters. The Bertz CT molecular complexity index is 698. The van der Waals surface area contributed by atoms with Crippen LogP contribution in [0.5, 0.6) is 0 Å². The second kappa shape index (κ2) is 4.80. The largest absolute Gasteiger partial charge is 0.476 e. The third kappa shape index (κ3) is 2.68. The molecule has 0 saturated heterocycles. The van der Waals surface area contributed by atoms with Crippen molar-refractivity contribution in [2.75, 3.05) is 5.32 Å². The molecule has 1 heterocycles. The number of alkyl halides is 3. The molecule has 0 bridgehead atoms. The standard InChI is InChI=1S/C12H7F3N2O3/c13-12(14,15)11(20)17-8-5-6-3-1-2-4-7(6)9(16-8)10(18)19/h1-5H,(H,18,19)(H,16,17,20). The molecule has 104 valence electrons. The van der Waals surface area contributed by atoms with E-state index in [-0.39, 0.29) is 5.39 Å². The highest BCUT2D eigenvalue weighted by Gasteiger charge is 2.39. The number of fused-ring (bicyclic) bond motifs is 1. The van der Waals surface area contributed by atoms with Crippen LogP contribution in [0.25, 0.3) is 10.8 Å². The molecule has 2 rings (SSSR count). The lowest BCUT2D eigenvalue weighted by Crippen LogP contribution is -2.30. The Balaban J connectivity index is 2.51. The topological polar surface area (TPSA) is 79.3 Å². The van der Waals surface area contributed by atoms with E-state index >= 15 is 0 Å². The zero-order valence-electron chi connectivity index (χ0n) is 9.73. The van der Waals surface area contributed by atoms with Crippen LogP contribution in [-0.4, -0.2) is 28.1 Å². The van der Waals surface area contributed by atoms with Crippen LogP contribution >= 0.6 is 0 Å². The minimum Gasteiger partial charge on any atom is -0.476 e. The lowest BCUT2D eigenvalue weighted by Gasteiger charge is -2.09. The van der Waals surface area contributed by atoms with Gasteiger partial charge in [0.15, 0.2) is 5.69 Å². The van der Waals surface area contributed by atoms with Crippen LogP contribution in [0.1, 0.15) is 10.5 Å². The fourth-order valence-electron chi connectivity index (χ4n) is 1.61. The number of anilines is 1. The molecule has 1 amide bonds. The SMILES string of the molecule is O=C(O)c1nc(NC(=O)C(F)(F)F)cc2ccccc12. The third-order valence-corrected chi connectivity index (χ3v) is 2.44. The number of carbonyl (C=O) groups excluding carboxylic acids is 1. The summed E-state index contributed by atoms with van der Waals surface area (Å²) in [5.41, 5.74) is -0.430. The molecule has 0 radical (unpaired) electrons. The van der Waals surface area contributed by atoms with Crippen molar-refractivity contribution in [3.63, 3.8) is 0 Å². The molecule has 0 spiro atoms. The molecule has 2 aromatic rings. The van der Waals surface area contributed by atoms with E-state index in [1.165, 1.54) is 23.5 Å². The lowest BCUT2D eigenvalue weighted by atomic mass is 10.1. The number of hydrogen-bond donors (Lipinski definition) is 2. The van der Waals surface area contributed by atoms with Crippen molar-refractivity contribution < 1.29 is 27.9 Å². The number of hydrogen-bond acceptors (Lipinski definition) is 3. The van der Waals surface area contributed by atoms with Gasteiger partial charge in [-0.3, -0.25) is 4.79 Å². The molecule has 0 aliphatic carbocycles. The van der Waals surface area contributed by atoms with Crippen molar-refractivity contribution in [3.8, 4) is 0 Å². The van der Waals surface area contributed by atoms with Gasteiger partial charge in [-0.1, -0.05) is 24.3 Å². The maximum absolute atomic E-state index is 12.2. The van der Waals surface area contributed by atoms with Crippen molar-refractivity contribution >= 4 is 28.5 Å². The molecule has 0 unspecified atom stereocenters. The smallest absolute Gasteiger partial charge is 0.471 e. The van der Waals surface area contributed by atoms with Gasteiger partial charge in [0, 0.05) is 5.39 Å². The average molecular weight is 284 g/mol. The molecular formula is C12H7F3N2O3. The molecule has 20 heavy (non-hydrogen) atoms. The zero-order valence-corrected chi connectivity index (χ0v) is 9.73. The maximum atomic E-state index is 12.2. The van der Waals surface area contributed by atoms with Crippen molar-refractivity contribution in [2.24, 2.45) is 0 Å². The Kier molecular flexibility index (Phi) is 3.31. The van der Waals surface area contributed by atoms with Crippen LogP contribution < -0.4 is 5.32 Å². The highest BCUT2D eigenvalue weighted by atomic mass is 19.4. The van der Waals surface area contributed by atoms with Gasteiger partial charge >= 0.3 is 18.1 Å². The summed E-state index contributed by atoms with van der Waals surface area (Å²) in [5, 5.41) is 11.2. The predicted octanol–water partition coefficient (Wildman–Crippen LogP) is 2.43. The Morgan fingerprint density at radius 3 is 2.45 bits per heavy atom. The van der Waals surface area contributed by atoms with Crippen LogP contribution in [0, 0.1) is 0 Å². The first-order valence-electron chi connectivity index (χ1n) is 5.30. The number of carbonyl (C=O) groups is 2. The number of amides is 1. The number of nitrogens with one attached hydrogen (secondary N) is 1. The Labute approximate surface area is 110 Å². The van der Waals surface area contributed by atoms with E-state index in [1.54, 1.807) is 12.1 Å². The Morgan fingerprint density at radius 2 is 1.85 bits per heavy atom. The van der Waals surface area contributed by atoms with E-state index < -0.39 is 29.6 Å². The van der Waals surface area contributed by atoms with E-state index in [0.29, 0.717) is 5.39 Å². The summed E-state index contributed by atoms with van der Waals surface area (Å²) in [6, 6.07) is 7.31. The fraction of sp³-hybridized carbons (Fsp3) is 0.0833. The van der Waals surface area contributed by atoms with Gasteiger partial charge in [0.05, 0.1) is 0 Å². The van der Waals surface area contributed by atoms with E-state index in [4.69, 9.17) is 5.11 Å². The molecule has 2 N–H and O–H groups in total. The number of pyridine rings is 1. The van der Waals surface area contributed by atoms with Gasteiger partial charge in [-0.2, -0.15) is 13.2 Å². The number of carboxylic acids is 1. The molecule has 0 fully saturated rings. The second-order valence-electron chi connectivity index (χ2n) is 3.83. The van der Waals surface area contributed by atoms with E-state index in [2.05, 4.69) is 4.98 Å². The average Bonchev–Trinajstić information content (AvgIpc) is 2.36. The van der Waals surface area contributed by atoms with Gasteiger partial charge in [0.25, 0.3) is 0 Å². The van der Waals surface area contributed by atoms with Crippen LogP contribution in [0.2, 0.25) is 0 Å². The molecule has 5 nitrogen and oxygen atoms in total. The van der Waals surface area contributed by atoms with Gasteiger partial charge in [-0.05, 0) is 11.5 Å². The first kappa shape index (κ1) is 13.8.